The van der Waals surface area contributed by atoms with Crippen molar-refractivity contribution >= 4 is 0 Å². The van der Waals surface area contributed by atoms with Crippen molar-refractivity contribution in [2.75, 3.05) is 28.4 Å². The third-order valence-corrected chi connectivity index (χ3v) is 3.74. The van der Waals surface area contributed by atoms with Crippen molar-refractivity contribution in [3.63, 3.8) is 0 Å². The first kappa shape index (κ1) is 21.8. The summed E-state index contributed by atoms with van der Waals surface area (Å²) in [6, 6.07) is 8.43. The topological polar surface area (TPSA) is 136 Å². The van der Waals surface area contributed by atoms with E-state index in [-0.39, 0.29) is 5.75 Å². The maximum Gasteiger partial charge on any atom is 0.203 e. The average Bonchev–Trinajstić information content (AvgIpc) is 2.67. The molecule has 0 saturated heterocycles. The first-order valence-corrected chi connectivity index (χ1v) is 7.77. The molecule has 9 nitrogen and oxygen atoms in total. The highest BCUT2D eigenvalue weighted by Crippen LogP contribution is 2.40. The minimum atomic E-state index is -0.800. The molecule has 0 heterocycles. The summed E-state index contributed by atoms with van der Waals surface area (Å²) in [5.74, 6) is 1.85. The van der Waals surface area contributed by atoms with Crippen molar-refractivity contribution in [1.82, 2.24) is 0 Å². The molecule has 2 aromatic carbocycles. The standard InChI is InChI=1S/C18H22O6.N3/c1-21-15-6-5-11(8-14(15)20)7-13(19)12-9-16(22-2)18(24-4)17(10-12)23-3;1-3-2/h5-6,8-10,13,19-20H,7H2,1-4H3;/q;-1/t13-;/m1./s1. The Morgan fingerprint density at radius 3 is 1.81 bits per heavy atom. The number of phenols is 1. The van der Waals surface area contributed by atoms with E-state index in [0.717, 1.165) is 5.56 Å². The van der Waals surface area contributed by atoms with Crippen LogP contribution in [0.2, 0.25) is 0 Å². The lowest BCUT2D eigenvalue weighted by Crippen LogP contribution is -2.04. The Balaban J connectivity index is 0.00000114. The van der Waals surface area contributed by atoms with Crippen LogP contribution < -0.4 is 18.9 Å². The summed E-state index contributed by atoms with van der Waals surface area (Å²) >= 11 is 0. The van der Waals surface area contributed by atoms with Gasteiger partial charge in [0.2, 0.25) is 5.75 Å². The first-order chi connectivity index (χ1) is 12.9. The van der Waals surface area contributed by atoms with Crippen molar-refractivity contribution in [2.24, 2.45) is 0 Å². The first-order valence-electron chi connectivity index (χ1n) is 7.77. The lowest BCUT2D eigenvalue weighted by molar-refractivity contribution is 0.177. The highest BCUT2D eigenvalue weighted by atomic mass is 16.5. The molecule has 0 aliphatic rings. The van der Waals surface area contributed by atoms with Crippen LogP contribution in [0.1, 0.15) is 17.2 Å². The molecule has 0 radical (unpaired) electrons. The van der Waals surface area contributed by atoms with Crippen molar-refractivity contribution < 1.29 is 29.2 Å². The number of ether oxygens (including phenoxy) is 4. The van der Waals surface area contributed by atoms with E-state index in [4.69, 9.17) is 30.0 Å². The lowest BCUT2D eigenvalue weighted by Gasteiger charge is -2.17. The van der Waals surface area contributed by atoms with Crippen molar-refractivity contribution in [2.45, 2.75) is 12.5 Å². The van der Waals surface area contributed by atoms with Gasteiger partial charge in [0.15, 0.2) is 23.0 Å². The molecule has 146 valence electrons. The Kier molecular flexibility index (Phi) is 8.58. The zero-order valence-electron chi connectivity index (χ0n) is 15.5. The van der Waals surface area contributed by atoms with E-state index in [2.05, 4.69) is 0 Å². The second-order valence-corrected chi connectivity index (χ2v) is 5.27. The molecule has 27 heavy (non-hydrogen) atoms. The molecule has 0 bridgehead atoms. The van der Waals surface area contributed by atoms with Gasteiger partial charge < -0.3 is 40.2 Å². The van der Waals surface area contributed by atoms with Crippen LogP contribution >= 0.6 is 0 Å². The fourth-order valence-corrected chi connectivity index (χ4v) is 2.50. The van der Waals surface area contributed by atoms with Gasteiger partial charge in [0.25, 0.3) is 0 Å². The third kappa shape index (κ3) is 5.60. The molecule has 0 amide bonds. The number of aromatic hydroxyl groups is 1. The van der Waals surface area contributed by atoms with Gasteiger partial charge >= 0.3 is 0 Å². The second-order valence-electron chi connectivity index (χ2n) is 5.27. The number of aliphatic hydroxyl groups is 1. The van der Waals surface area contributed by atoms with Gasteiger partial charge in [0, 0.05) is 6.42 Å². The molecule has 0 aromatic heterocycles. The Bertz CT molecular complexity index is 766. The van der Waals surface area contributed by atoms with Crippen LogP contribution in [0.5, 0.6) is 28.7 Å². The molecule has 1 atom stereocenters. The summed E-state index contributed by atoms with van der Waals surface area (Å²) in [6.45, 7) is 0. The summed E-state index contributed by atoms with van der Waals surface area (Å²) in [5, 5.41) is 20.4. The molecule has 2 N–H and O–H groups in total. The maximum atomic E-state index is 10.5. The van der Waals surface area contributed by atoms with Crippen LogP contribution in [0.4, 0.5) is 0 Å². The Morgan fingerprint density at radius 2 is 1.41 bits per heavy atom. The highest BCUT2D eigenvalue weighted by Gasteiger charge is 2.18. The van der Waals surface area contributed by atoms with Crippen LogP contribution in [0, 0.1) is 0 Å². The smallest absolute Gasteiger partial charge is 0.203 e. The maximum absolute atomic E-state index is 10.5. The van der Waals surface area contributed by atoms with Crippen LogP contribution in [-0.2, 0) is 6.42 Å². The van der Waals surface area contributed by atoms with E-state index in [9.17, 15) is 10.2 Å². The summed E-state index contributed by atoms with van der Waals surface area (Å²) in [6.07, 6.45) is -0.484. The van der Waals surface area contributed by atoms with Crippen molar-refractivity contribution in [1.29, 1.82) is 0 Å². The monoisotopic (exact) mass is 376 g/mol. The minimum absolute atomic E-state index is 0.0343. The number of aliphatic hydroxyl groups excluding tert-OH is 1. The van der Waals surface area contributed by atoms with Crippen molar-refractivity contribution in [3.05, 3.63) is 57.4 Å². The number of rotatable bonds is 7. The fourth-order valence-electron chi connectivity index (χ4n) is 2.50. The summed E-state index contributed by atoms with van der Waals surface area (Å²) in [4.78, 5) is 1.50. The van der Waals surface area contributed by atoms with Gasteiger partial charge in [-0.05, 0) is 35.4 Å². The third-order valence-electron chi connectivity index (χ3n) is 3.74. The molecule has 0 aliphatic heterocycles. The van der Waals surface area contributed by atoms with Crippen LogP contribution in [-0.4, -0.2) is 38.7 Å². The van der Waals surface area contributed by atoms with Crippen LogP contribution in [0.3, 0.4) is 0 Å². The largest absolute Gasteiger partial charge is 0.504 e. The van der Waals surface area contributed by atoms with E-state index in [0.29, 0.717) is 35.0 Å². The van der Waals surface area contributed by atoms with Gasteiger partial charge in [-0.1, -0.05) is 6.07 Å². The number of hydrogen-bond acceptors (Lipinski definition) is 6. The van der Waals surface area contributed by atoms with Crippen molar-refractivity contribution in [3.8, 4) is 28.7 Å². The van der Waals surface area contributed by atoms with Crippen LogP contribution in [0.25, 0.3) is 16.0 Å². The molecular formula is C18H22N3O6-. The van der Waals surface area contributed by atoms with Gasteiger partial charge in [-0.2, -0.15) is 0 Å². The molecule has 2 rings (SSSR count). The van der Waals surface area contributed by atoms with Gasteiger partial charge in [-0.3, -0.25) is 4.91 Å². The number of hydrogen-bond donors (Lipinski definition) is 2. The molecule has 2 aromatic rings. The zero-order valence-corrected chi connectivity index (χ0v) is 15.5. The van der Waals surface area contributed by atoms with E-state index < -0.39 is 6.10 Å². The molecular weight excluding hydrogens is 354 g/mol. The quantitative estimate of drug-likeness (QED) is 0.431. The molecule has 0 fully saturated rings. The lowest BCUT2D eigenvalue weighted by atomic mass is 10.00. The Hall–Kier alpha value is -3.29. The number of phenolic OH excluding ortho intramolecular Hbond substituents is 1. The molecule has 0 unspecified atom stereocenters. The summed E-state index contributed by atoms with van der Waals surface area (Å²) in [7, 11) is 6.06. The van der Waals surface area contributed by atoms with Gasteiger partial charge in [-0.25, -0.2) is 0 Å². The van der Waals surface area contributed by atoms with Gasteiger partial charge in [0.05, 0.1) is 34.5 Å². The molecule has 9 heteroatoms. The Morgan fingerprint density at radius 1 is 0.889 bits per heavy atom. The van der Waals surface area contributed by atoms with E-state index in [1.165, 1.54) is 33.4 Å². The SMILES string of the molecule is COc1ccc(C[C@@H](O)c2cc(OC)c(OC)c(OC)c2)cc1O.[N-]=[N+]=[N-]. The van der Waals surface area contributed by atoms with Gasteiger partial charge in [0.1, 0.15) is 0 Å². The number of benzene rings is 2. The highest BCUT2D eigenvalue weighted by molar-refractivity contribution is 5.54. The predicted octanol–water partition coefficient (Wildman–Crippen LogP) is 3.57. The van der Waals surface area contributed by atoms with E-state index >= 15 is 0 Å². The summed E-state index contributed by atoms with van der Waals surface area (Å²) in [5.41, 5.74) is 14.9. The van der Waals surface area contributed by atoms with E-state index in [1.807, 2.05) is 0 Å². The number of methoxy groups -OCH3 is 4. The average molecular weight is 376 g/mol. The summed E-state index contributed by atoms with van der Waals surface area (Å²) < 4.78 is 20.9. The predicted molar refractivity (Wildman–Crippen MR) is 99.5 cm³/mol. The van der Waals surface area contributed by atoms with Gasteiger partial charge in [-0.15, -0.1) is 0 Å². The molecule has 0 aliphatic carbocycles. The molecule has 0 saturated carbocycles. The minimum Gasteiger partial charge on any atom is -0.504 e. The molecule has 0 spiro atoms. The fraction of sp³-hybridized carbons (Fsp3) is 0.333. The zero-order chi connectivity index (χ0) is 20.4. The normalized spacial score (nSPS) is 10.7. The second kappa shape index (κ2) is 10.6. The Labute approximate surface area is 157 Å². The van der Waals surface area contributed by atoms with E-state index in [1.54, 1.807) is 30.3 Å². The van der Waals surface area contributed by atoms with Crippen LogP contribution in [0.15, 0.2) is 30.3 Å². The number of nitrogens with zero attached hydrogens (tertiary/aromatic N) is 3.